The fourth-order valence-electron chi connectivity index (χ4n) is 2.26. The van der Waals surface area contributed by atoms with Crippen LogP contribution in [0.2, 0.25) is 0 Å². The fourth-order valence-corrected chi connectivity index (χ4v) is 2.26. The van der Waals surface area contributed by atoms with Gasteiger partial charge < -0.3 is 15.2 Å². The number of carbonyl (C=O) groups is 1. The summed E-state index contributed by atoms with van der Waals surface area (Å²) in [4.78, 5) is 11.4. The summed E-state index contributed by atoms with van der Waals surface area (Å²) >= 11 is 0. The molecular formula is C13H17NO3. The maximum atomic E-state index is 11.4. The standard InChI is InChI=1S/C13H17NO3/c1-3-13(12(15)16)7-6-9-4-5-10(17-2)8-11(9)14-13/h4-5,8,14H,3,6-7H2,1-2H3,(H,15,16). The van der Waals surface area contributed by atoms with E-state index in [0.29, 0.717) is 12.8 Å². The van der Waals surface area contributed by atoms with Crippen molar-refractivity contribution in [3.05, 3.63) is 23.8 Å². The number of nitrogens with one attached hydrogen (secondary N) is 1. The number of aryl methyl sites for hydroxylation is 1. The number of rotatable bonds is 3. The number of methoxy groups -OCH3 is 1. The van der Waals surface area contributed by atoms with Gasteiger partial charge in [-0.1, -0.05) is 13.0 Å². The van der Waals surface area contributed by atoms with Crippen molar-refractivity contribution in [1.82, 2.24) is 0 Å². The van der Waals surface area contributed by atoms with E-state index >= 15 is 0 Å². The molecule has 4 nitrogen and oxygen atoms in total. The van der Waals surface area contributed by atoms with E-state index in [-0.39, 0.29) is 0 Å². The first kappa shape index (κ1) is 11.8. The molecule has 1 heterocycles. The molecule has 0 aliphatic carbocycles. The average molecular weight is 235 g/mol. The van der Waals surface area contributed by atoms with Crippen molar-refractivity contribution in [2.45, 2.75) is 31.7 Å². The van der Waals surface area contributed by atoms with Crippen LogP contribution in [-0.2, 0) is 11.2 Å². The molecule has 17 heavy (non-hydrogen) atoms. The quantitative estimate of drug-likeness (QED) is 0.844. The first-order chi connectivity index (χ1) is 8.11. The zero-order chi connectivity index (χ0) is 12.5. The first-order valence-corrected chi connectivity index (χ1v) is 5.80. The molecule has 0 spiro atoms. The minimum absolute atomic E-state index is 0.568. The second-order valence-electron chi connectivity index (χ2n) is 4.39. The molecule has 2 rings (SSSR count). The summed E-state index contributed by atoms with van der Waals surface area (Å²) in [6.07, 6.45) is 1.98. The number of carboxylic acids is 1. The molecule has 92 valence electrons. The number of ether oxygens (including phenoxy) is 1. The van der Waals surface area contributed by atoms with Crippen LogP contribution in [0, 0.1) is 0 Å². The van der Waals surface area contributed by atoms with Gasteiger partial charge in [0.05, 0.1) is 7.11 Å². The van der Waals surface area contributed by atoms with Crippen LogP contribution in [0.5, 0.6) is 5.75 Å². The Bertz CT molecular complexity index is 444. The molecular weight excluding hydrogens is 218 g/mol. The molecule has 1 aromatic rings. The van der Waals surface area contributed by atoms with Gasteiger partial charge in [-0.2, -0.15) is 0 Å². The monoisotopic (exact) mass is 235 g/mol. The molecule has 0 saturated heterocycles. The van der Waals surface area contributed by atoms with Crippen LogP contribution in [-0.4, -0.2) is 23.7 Å². The van der Waals surface area contributed by atoms with Gasteiger partial charge >= 0.3 is 5.97 Å². The fraction of sp³-hybridized carbons (Fsp3) is 0.462. The van der Waals surface area contributed by atoms with E-state index < -0.39 is 11.5 Å². The van der Waals surface area contributed by atoms with Crippen LogP contribution < -0.4 is 10.1 Å². The normalized spacial score (nSPS) is 22.5. The Hall–Kier alpha value is -1.71. The number of aliphatic carboxylic acids is 1. The van der Waals surface area contributed by atoms with Gasteiger partial charge in [0.1, 0.15) is 11.3 Å². The van der Waals surface area contributed by atoms with Crippen molar-refractivity contribution in [2.24, 2.45) is 0 Å². The summed E-state index contributed by atoms with van der Waals surface area (Å²) in [5.41, 5.74) is 1.19. The van der Waals surface area contributed by atoms with Crippen LogP contribution >= 0.6 is 0 Å². The predicted octanol–water partition coefficient (Wildman–Crippen LogP) is 2.29. The van der Waals surface area contributed by atoms with Crippen molar-refractivity contribution in [3.8, 4) is 5.75 Å². The van der Waals surface area contributed by atoms with Crippen LogP contribution in [0.25, 0.3) is 0 Å². The van der Waals surface area contributed by atoms with Gasteiger partial charge in [0.2, 0.25) is 0 Å². The van der Waals surface area contributed by atoms with Gasteiger partial charge in [-0.3, -0.25) is 0 Å². The Morgan fingerprint density at radius 1 is 1.59 bits per heavy atom. The molecule has 1 unspecified atom stereocenters. The molecule has 0 aromatic heterocycles. The third kappa shape index (κ3) is 1.95. The van der Waals surface area contributed by atoms with E-state index in [2.05, 4.69) is 5.32 Å². The predicted molar refractivity (Wildman–Crippen MR) is 65.6 cm³/mol. The van der Waals surface area contributed by atoms with Crippen LogP contribution in [0.4, 0.5) is 5.69 Å². The van der Waals surface area contributed by atoms with E-state index in [4.69, 9.17) is 4.74 Å². The lowest BCUT2D eigenvalue weighted by atomic mass is 9.84. The van der Waals surface area contributed by atoms with Gasteiger partial charge in [-0.05, 0) is 30.9 Å². The largest absolute Gasteiger partial charge is 0.497 e. The molecule has 0 bridgehead atoms. The highest BCUT2D eigenvalue weighted by Crippen LogP contribution is 2.35. The smallest absolute Gasteiger partial charge is 0.329 e. The van der Waals surface area contributed by atoms with Crippen molar-refractivity contribution >= 4 is 11.7 Å². The topological polar surface area (TPSA) is 58.6 Å². The molecule has 1 aliphatic heterocycles. The Balaban J connectivity index is 2.36. The van der Waals surface area contributed by atoms with E-state index in [1.54, 1.807) is 7.11 Å². The van der Waals surface area contributed by atoms with Gasteiger partial charge in [0.15, 0.2) is 0 Å². The van der Waals surface area contributed by atoms with Crippen LogP contribution in [0.3, 0.4) is 0 Å². The summed E-state index contributed by atoms with van der Waals surface area (Å²) in [5.74, 6) is -0.0398. The second-order valence-corrected chi connectivity index (χ2v) is 4.39. The number of hydrogen-bond acceptors (Lipinski definition) is 3. The molecule has 1 atom stereocenters. The zero-order valence-electron chi connectivity index (χ0n) is 10.1. The van der Waals surface area contributed by atoms with E-state index in [1.807, 2.05) is 25.1 Å². The summed E-state index contributed by atoms with van der Waals surface area (Å²) in [6.45, 7) is 1.90. The Morgan fingerprint density at radius 2 is 2.35 bits per heavy atom. The van der Waals surface area contributed by atoms with Crippen molar-refractivity contribution in [3.63, 3.8) is 0 Å². The highest BCUT2D eigenvalue weighted by atomic mass is 16.5. The van der Waals surface area contributed by atoms with Crippen molar-refractivity contribution in [2.75, 3.05) is 12.4 Å². The minimum Gasteiger partial charge on any atom is -0.497 e. The van der Waals surface area contributed by atoms with E-state index in [1.165, 1.54) is 0 Å². The molecule has 0 saturated carbocycles. The average Bonchev–Trinajstić information content (AvgIpc) is 2.37. The van der Waals surface area contributed by atoms with Crippen molar-refractivity contribution in [1.29, 1.82) is 0 Å². The lowest BCUT2D eigenvalue weighted by Crippen LogP contribution is -2.48. The second kappa shape index (κ2) is 4.28. The molecule has 2 N–H and O–H groups in total. The number of anilines is 1. The van der Waals surface area contributed by atoms with E-state index in [0.717, 1.165) is 23.4 Å². The summed E-state index contributed by atoms with van der Waals surface area (Å²) in [5, 5.41) is 12.5. The highest BCUT2D eigenvalue weighted by molar-refractivity contribution is 5.84. The van der Waals surface area contributed by atoms with Crippen molar-refractivity contribution < 1.29 is 14.6 Å². The maximum Gasteiger partial charge on any atom is 0.329 e. The molecule has 0 amide bonds. The van der Waals surface area contributed by atoms with Gasteiger partial charge in [-0.15, -0.1) is 0 Å². The lowest BCUT2D eigenvalue weighted by Gasteiger charge is -2.35. The Morgan fingerprint density at radius 3 is 2.94 bits per heavy atom. The molecule has 1 aromatic carbocycles. The molecule has 1 aliphatic rings. The summed E-state index contributed by atoms with van der Waals surface area (Å²) in [6, 6.07) is 5.75. The minimum atomic E-state index is -0.834. The maximum absolute atomic E-state index is 11.4. The SMILES string of the molecule is CCC1(C(=O)O)CCc2ccc(OC)cc2N1. The summed E-state index contributed by atoms with van der Waals surface area (Å²) < 4.78 is 5.16. The molecule has 4 heteroatoms. The molecule has 0 radical (unpaired) electrons. The highest BCUT2D eigenvalue weighted by Gasteiger charge is 2.39. The van der Waals surface area contributed by atoms with Gasteiger partial charge in [0, 0.05) is 11.8 Å². The van der Waals surface area contributed by atoms with Crippen LogP contribution in [0.15, 0.2) is 18.2 Å². The zero-order valence-corrected chi connectivity index (χ0v) is 10.1. The summed E-state index contributed by atoms with van der Waals surface area (Å²) in [7, 11) is 1.61. The first-order valence-electron chi connectivity index (χ1n) is 5.80. The number of hydrogen-bond donors (Lipinski definition) is 2. The number of carboxylic acid groups (broad SMARTS) is 1. The third-order valence-electron chi connectivity index (χ3n) is 3.53. The lowest BCUT2D eigenvalue weighted by molar-refractivity contribution is -0.142. The van der Waals surface area contributed by atoms with Gasteiger partial charge in [0.25, 0.3) is 0 Å². The number of benzene rings is 1. The van der Waals surface area contributed by atoms with Gasteiger partial charge in [-0.25, -0.2) is 4.79 Å². The Kier molecular flexibility index (Phi) is 2.96. The third-order valence-corrected chi connectivity index (χ3v) is 3.53. The van der Waals surface area contributed by atoms with E-state index in [9.17, 15) is 9.90 Å². The molecule has 0 fully saturated rings. The Labute approximate surface area is 101 Å². The van der Waals surface area contributed by atoms with Crippen LogP contribution in [0.1, 0.15) is 25.3 Å². The number of fused-ring (bicyclic) bond motifs is 1.